The van der Waals surface area contributed by atoms with E-state index in [1.165, 1.54) is 12.1 Å². The molecule has 0 radical (unpaired) electrons. The molecule has 7 nitrogen and oxygen atoms in total. The van der Waals surface area contributed by atoms with Crippen LogP contribution < -0.4 is 5.32 Å². The van der Waals surface area contributed by atoms with Crippen LogP contribution in [0.4, 0.5) is 24.5 Å². The first-order chi connectivity index (χ1) is 11.5. The van der Waals surface area contributed by atoms with Crippen molar-refractivity contribution in [2.24, 2.45) is 5.92 Å². The summed E-state index contributed by atoms with van der Waals surface area (Å²) in [7, 11) is -5.29. The summed E-state index contributed by atoms with van der Waals surface area (Å²) < 4.78 is 61.3. The highest BCUT2D eigenvalue weighted by Gasteiger charge is 2.50. The second-order valence-electron chi connectivity index (χ2n) is 5.59. The van der Waals surface area contributed by atoms with E-state index in [1.807, 2.05) is 0 Å². The Balaban J connectivity index is 1.95. The van der Waals surface area contributed by atoms with Gasteiger partial charge in [0.1, 0.15) is 5.69 Å². The number of alkyl halides is 3. The van der Waals surface area contributed by atoms with Crippen LogP contribution in [0.3, 0.4) is 0 Å². The molecule has 1 saturated heterocycles. The number of hydrogen-bond donors (Lipinski definition) is 1. The zero-order valence-electron chi connectivity index (χ0n) is 12.8. The molecule has 0 amide bonds. The summed E-state index contributed by atoms with van der Waals surface area (Å²) in [4.78, 5) is 10.5. The lowest BCUT2D eigenvalue weighted by molar-refractivity contribution is -0.384. The summed E-state index contributed by atoms with van der Waals surface area (Å²) in [6.45, 7) is -0.143. The van der Waals surface area contributed by atoms with Crippen molar-refractivity contribution in [1.29, 1.82) is 0 Å². The molecule has 0 atom stereocenters. The number of nitro groups is 1. The van der Waals surface area contributed by atoms with Gasteiger partial charge in [0.15, 0.2) is 0 Å². The molecular weight excluding hydrogens is 431 g/mol. The van der Waals surface area contributed by atoms with Crippen molar-refractivity contribution in [3.63, 3.8) is 0 Å². The van der Waals surface area contributed by atoms with Crippen LogP contribution in [0, 0.1) is 16.0 Å². The highest BCUT2D eigenvalue weighted by atomic mass is 79.9. The zero-order chi connectivity index (χ0) is 18.8. The average Bonchev–Trinajstić information content (AvgIpc) is 2.53. The predicted molar refractivity (Wildman–Crippen MR) is 88.6 cm³/mol. The minimum Gasteiger partial charge on any atom is -0.379 e. The standard InChI is InChI=1S/C13H15BrF3N3O4S/c14-10-1-2-11(12(7-10)20(21)22)18-8-9-3-5-19(6-4-9)25(23,24)13(15,16)17/h1-2,7,9,18H,3-6,8H2. The Morgan fingerprint density at radius 1 is 1.32 bits per heavy atom. The summed E-state index contributed by atoms with van der Waals surface area (Å²) in [6.07, 6.45) is 0.485. The normalized spacial score (nSPS) is 17.4. The second-order valence-corrected chi connectivity index (χ2v) is 8.44. The van der Waals surface area contributed by atoms with Crippen molar-refractivity contribution in [2.45, 2.75) is 18.3 Å². The molecule has 25 heavy (non-hydrogen) atoms. The number of anilines is 1. The van der Waals surface area contributed by atoms with E-state index < -0.39 is 20.5 Å². The summed E-state index contributed by atoms with van der Waals surface area (Å²) in [5.74, 6) is -0.0806. The van der Waals surface area contributed by atoms with Gasteiger partial charge in [0.05, 0.1) is 4.92 Å². The van der Waals surface area contributed by atoms with Crippen LogP contribution in [0.15, 0.2) is 22.7 Å². The number of sulfonamides is 1. The molecule has 0 bridgehead atoms. The Hall–Kier alpha value is -1.40. The monoisotopic (exact) mass is 445 g/mol. The van der Waals surface area contributed by atoms with E-state index in [-0.39, 0.29) is 37.5 Å². The van der Waals surface area contributed by atoms with Gasteiger partial charge in [-0.15, -0.1) is 0 Å². The number of nitro benzene ring substituents is 1. The fourth-order valence-corrected chi connectivity index (χ4v) is 3.89. The maximum absolute atomic E-state index is 12.5. The molecule has 12 heteroatoms. The number of benzene rings is 1. The summed E-state index contributed by atoms with van der Waals surface area (Å²) in [5, 5.41) is 14.0. The molecule has 1 aliphatic rings. The molecule has 1 fully saturated rings. The summed E-state index contributed by atoms with van der Waals surface area (Å²) in [6, 6.07) is 4.51. The highest BCUT2D eigenvalue weighted by molar-refractivity contribution is 9.10. The Bertz CT molecular complexity index is 749. The zero-order valence-corrected chi connectivity index (χ0v) is 15.2. The molecule has 0 saturated carbocycles. The first-order valence-corrected chi connectivity index (χ1v) is 9.50. The second kappa shape index (κ2) is 7.46. The van der Waals surface area contributed by atoms with Gasteiger partial charge in [0.2, 0.25) is 0 Å². The first kappa shape index (κ1) is 19.9. The van der Waals surface area contributed by atoms with Crippen molar-refractivity contribution in [3.05, 3.63) is 32.8 Å². The van der Waals surface area contributed by atoms with Crippen molar-refractivity contribution in [1.82, 2.24) is 4.31 Å². The number of halogens is 4. The predicted octanol–water partition coefficient (Wildman–Crippen LogP) is 3.33. The fraction of sp³-hybridized carbons (Fsp3) is 0.538. The maximum atomic E-state index is 12.5. The van der Waals surface area contributed by atoms with E-state index in [0.717, 1.165) is 0 Å². The third-order valence-electron chi connectivity index (χ3n) is 3.94. The third-order valence-corrected chi connectivity index (χ3v) is 6.07. The van der Waals surface area contributed by atoms with Gasteiger partial charge in [-0.3, -0.25) is 10.1 Å². The SMILES string of the molecule is O=[N+]([O-])c1cc(Br)ccc1NCC1CCN(S(=O)(=O)C(F)(F)F)CC1. The van der Waals surface area contributed by atoms with E-state index in [4.69, 9.17) is 0 Å². The van der Waals surface area contributed by atoms with Crippen molar-refractivity contribution in [2.75, 3.05) is 25.0 Å². The Kier molecular flexibility index (Phi) is 5.94. The quantitative estimate of drug-likeness (QED) is 0.554. The minimum absolute atomic E-state index is 0.0806. The highest BCUT2D eigenvalue weighted by Crippen LogP contribution is 2.31. The van der Waals surface area contributed by atoms with Crippen LogP contribution >= 0.6 is 15.9 Å². The molecule has 1 aromatic carbocycles. The van der Waals surface area contributed by atoms with Gasteiger partial charge < -0.3 is 5.32 Å². The third kappa shape index (κ3) is 4.61. The Labute approximate surface area is 150 Å². The van der Waals surface area contributed by atoms with Crippen molar-refractivity contribution >= 4 is 37.3 Å². The van der Waals surface area contributed by atoms with Gasteiger partial charge in [-0.25, -0.2) is 8.42 Å². The number of nitrogens with one attached hydrogen (secondary N) is 1. The van der Waals surface area contributed by atoms with E-state index in [9.17, 15) is 31.7 Å². The maximum Gasteiger partial charge on any atom is 0.511 e. The van der Waals surface area contributed by atoms with E-state index >= 15 is 0 Å². The van der Waals surface area contributed by atoms with E-state index in [2.05, 4.69) is 21.2 Å². The Morgan fingerprint density at radius 3 is 2.44 bits per heavy atom. The van der Waals surface area contributed by atoms with Gasteiger partial charge in [-0.2, -0.15) is 17.5 Å². The van der Waals surface area contributed by atoms with Crippen LogP contribution in [-0.2, 0) is 10.0 Å². The Morgan fingerprint density at radius 2 is 1.92 bits per heavy atom. The van der Waals surface area contributed by atoms with Crippen LogP contribution in [0.5, 0.6) is 0 Å². The molecule has 1 aromatic rings. The van der Waals surface area contributed by atoms with Gasteiger partial charge in [-0.05, 0) is 30.9 Å². The number of nitrogens with zero attached hydrogens (tertiary/aromatic N) is 2. The largest absolute Gasteiger partial charge is 0.511 e. The number of hydrogen-bond acceptors (Lipinski definition) is 5. The smallest absolute Gasteiger partial charge is 0.379 e. The van der Waals surface area contributed by atoms with Gasteiger partial charge >= 0.3 is 15.5 Å². The van der Waals surface area contributed by atoms with Gasteiger partial charge in [-0.1, -0.05) is 15.9 Å². The molecule has 1 heterocycles. The number of piperidine rings is 1. The summed E-state index contributed by atoms with van der Waals surface area (Å²) >= 11 is 3.15. The molecule has 1 aliphatic heterocycles. The van der Waals surface area contributed by atoms with Crippen LogP contribution in [0.1, 0.15) is 12.8 Å². The van der Waals surface area contributed by atoms with Crippen molar-refractivity contribution < 1.29 is 26.5 Å². The lowest BCUT2D eigenvalue weighted by Crippen LogP contribution is -2.45. The van der Waals surface area contributed by atoms with Gasteiger partial charge in [0, 0.05) is 30.2 Å². The lowest BCUT2D eigenvalue weighted by Gasteiger charge is -2.31. The van der Waals surface area contributed by atoms with Crippen molar-refractivity contribution in [3.8, 4) is 0 Å². The first-order valence-electron chi connectivity index (χ1n) is 7.26. The van der Waals surface area contributed by atoms with Gasteiger partial charge in [0.25, 0.3) is 5.69 Å². The van der Waals surface area contributed by atoms with E-state index in [0.29, 0.717) is 21.0 Å². The average molecular weight is 446 g/mol. The molecule has 2 rings (SSSR count). The van der Waals surface area contributed by atoms with E-state index in [1.54, 1.807) is 6.07 Å². The summed E-state index contributed by atoms with van der Waals surface area (Å²) in [5.41, 5.74) is -5.11. The molecule has 1 N–H and O–H groups in total. The fourth-order valence-electron chi connectivity index (χ4n) is 2.56. The van der Waals surface area contributed by atoms with Crippen LogP contribution in [0.2, 0.25) is 0 Å². The minimum atomic E-state index is -5.30. The topological polar surface area (TPSA) is 92.6 Å². The van der Waals surface area contributed by atoms with Crippen LogP contribution in [-0.4, -0.2) is 42.8 Å². The molecule has 0 aliphatic carbocycles. The lowest BCUT2D eigenvalue weighted by atomic mass is 9.98. The number of rotatable bonds is 5. The van der Waals surface area contributed by atoms with Crippen LogP contribution in [0.25, 0.3) is 0 Å². The molecule has 0 aromatic heterocycles. The molecular formula is C13H15BrF3N3O4S. The molecule has 0 spiro atoms. The molecule has 140 valence electrons. The molecule has 0 unspecified atom stereocenters.